The first kappa shape index (κ1) is 94.5. The van der Waals surface area contributed by atoms with Gasteiger partial charge in [0.15, 0.2) is 37.2 Å². The first-order valence-electron chi connectivity index (χ1n) is 44.1. The van der Waals surface area contributed by atoms with Crippen molar-refractivity contribution in [3.63, 3.8) is 0 Å². The van der Waals surface area contributed by atoms with Crippen molar-refractivity contribution in [3.8, 4) is 34.1 Å². The van der Waals surface area contributed by atoms with Crippen LogP contribution in [-0.2, 0) is 0 Å². The van der Waals surface area contributed by atoms with E-state index in [2.05, 4.69) is 72.4 Å². The van der Waals surface area contributed by atoms with Gasteiger partial charge in [0.25, 0.3) is 68.9 Å². The van der Waals surface area contributed by atoms with Crippen LogP contribution >= 0.6 is 23.2 Å². The summed E-state index contributed by atoms with van der Waals surface area (Å²) in [7, 11) is 0. The first-order chi connectivity index (χ1) is 65.7. The Labute approximate surface area is 847 Å². The number of pyridine rings is 6. The lowest BCUT2D eigenvalue weighted by Gasteiger charge is -2.00. The SMILES string of the molecule is Cc1cc2c(cc1Cl)-[n+]1ccc3c([nH]c4ccccc43)c1C2=O.Cc1cc2c(cc1F)-[n+]1ccc3c([nH]c4ccccc43)c1C2=O.Cc1ccc2c(c1)-[n+]1ccc3c([nH]c4ccccc43)c1C2=O.Cc1ccc2c(c1)C(=O)c1c3[nH]c4ccccc4c3cc[n+]1-2.Cc1ccc2c(c1Cl)-[n+]1ccc3c([nH]c4ccccc43)c1C2=O.O=C1c2c(F)cccc2-[n+]2ccc3c([nH]c4ccccc43)c21.[Cl-].[Cl-].[Cl-].[Cl-].[Cl-].[Cl-]. The van der Waals surface area contributed by atoms with Crippen LogP contribution in [0, 0.1) is 46.3 Å². The highest BCUT2D eigenvalue weighted by atomic mass is 35.5. The fraction of sp³-hybridized carbons (Fsp3) is 0.0442. The number of nitrogens with zero attached hydrogens (tertiary/aromatic N) is 6. The maximum atomic E-state index is 14.1. The monoisotopic (exact) mass is 2010 g/mol. The molecule has 0 amide bonds. The molecule has 28 heteroatoms. The maximum absolute atomic E-state index is 14.1. The lowest BCUT2D eigenvalue weighted by molar-refractivity contribution is -0.592. The van der Waals surface area contributed by atoms with Gasteiger partial charge in [-0.05, 0) is 135 Å². The van der Waals surface area contributed by atoms with Crippen molar-refractivity contribution < 1.29 is 139 Å². The quantitative estimate of drug-likeness (QED) is 0.123. The molecule has 0 saturated heterocycles. The van der Waals surface area contributed by atoms with Crippen LogP contribution in [0.4, 0.5) is 8.78 Å². The zero-order chi connectivity index (χ0) is 91.7. The normalized spacial score (nSPS) is 12.3. The summed E-state index contributed by atoms with van der Waals surface area (Å²) in [4.78, 5) is 97.5. The molecule has 24 aromatic rings. The zero-order valence-corrected chi connectivity index (χ0v) is 80.9. The van der Waals surface area contributed by atoms with Gasteiger partial charge >= 0.3 is 0 Å². The van der Waals surface area contributed by atoms with Crippen molar-refractivity contribution in [2.45, 2.75) is 34.6 Å². The Morgan fingerprint density at radius 2 is 0.539 bits per heavy atom. The van der Waals surface area contributed by atoms with Gasteiger partial charge in [-0.2, -0.15) is 27.4 Å². The summed E-state index contributed by atoms with van der Waals surface area (Å²) in [5.74, 6) is -0.881. The number of hydrogen-bond acceptors (Lipinski definition) is 6. The van der Waals surface area contributed by atoms with Crippen molar-refractivity contribution in [1.82, 2.24) is 29.9 Å². The summed E-state index contributed by atoms with van der Waals surface area (Å²) < 4.78 is 39.4. The molecular formula is C113H72Cl8F2N12O6. The second-order valence-electron chi connectivity index (χ2n) is 34.9. The average molecular weight is 2020 g/mol. The van der Waals surface area contributed by atoms with E-state index in [0.29, 0.717) is 66.4 Å². The molecule has 0 fully saturated rings. The predicted molar refractivity (Wildman–Crippen MR) is 518 cm³/mol. The number of hydrogen-bond donors (Lipinski definition) is 6. The standard InChI is InChI=1S/2C19H11ClN2O.C19H11FN2O.2C19H12N2O.C18H9FN2O.6ClH/c1-10-8-13-16(9-14(10)20)22-7-6-12-11-4-2-3-5-15(11)21-17(12)18(22)19(13)23;1-10-6-7-13-17(15(10)20)22-9-8-12-11-4-2-3-5-14(11)21-16(12)18(22)19(13)23;1-10-8-13-16(9-14(10)20)22-7-6-12-11-4-2-3-5-15(11)21-17(12)18(22)19(13)23;1-11-6-7-16-14(10-11)19(22)18-17-13(8-9-21(16)18)12-4-2-3-5-15(12)20-17;1-11-6-7-14-16(10-11)21-9-8-13-12-4-2-3-5-15(12)20-17(13)18(21)19(14)22;19-12-5-3-7-14-15(12)18(22)17-16-11(8-9-21(14)17)10-4-1-2-6-13(10)20-16;;;;;;/h3*2-9H,1H3;2*2-10H,1H3;1-9H;6*1H. The number of para-hydroxylation sites is 6. The molecule has 12 aromatic carbocycles. The molecule has 0 aliphatic carbocycles. The highest BCUT2D eigenvalue weighted by Crippen LogP contribution is 2.41. The van der Waals surface area contributed by atoms with Crippen molar-refractivity contribution in [2.75, 3.05) is 0 Å². The average Bonchev–Trinajstić information content (AvgIpc) is 1.59. The molecule has 690 valence electrons. The number of aromatic amines is 6. The molecule has 6 aliphatic heterocycles. The van der Waals surface area contributed by atoms with Crippen LogP contribution in [0.5, 0.6) is 0 Å². The molecule has 18 nitrogen and oxygen atoms in total. The number of H-pyrrole nitrogens is 6. The van der Waals surface area contributed by atoms with E-state index >= 15 is 0 Å². The van der Waals surface area contributed by atoms with Crippen molar-refractivity contribution in [2.24, 2.45) is 0 Å². The van der Waals surface area contributed by atoms with E-state index in [4.69, 9.17) is 23.2 Å². The van der Waals surface area contributed by atoms with E-state index in [1.807, 2.05) is 283 Å². The van der Waals surface area contributed by atoms with Gasteiger partial charge in [-0.25, -0.2) is 8.78 Å². The third-order valence-corrected chi connectivity index (χ3v) is 28.0. The van der Waals surface area contributed by atoms with Gasteiger partial charge in [-0.1, -0.05) is 157 Å². The van der Waals surface area contributed by atoms with E-state index in [1.54, 1.807) is 34.3 Å². The number of benzene rings is 12. The zero-order valence-electron chi connectivity index (χ0n) is 74.9. The second kappa shape index (κ2) is 35.8. The molecule has 6 aliphatic rings. The topological polar surface area (TPSA) is 220 Å². The van der Waals surface area contributed by atoms with Crippen LogP contribution in [0.15, 0.2) is 310 Å². The number of carbonyl (C=O) groups excluding carboxylic acids is 6. The van der Waals surface area contributed by atoms with E-state index in [0.717, 1.165) is 198 Å². The number of aryl methyl sites for hydroxylation is 5. The van der Waals surface area contributed by atoms with Crippen LogP contribution in [0.1, 0.15) is 124 Å². The minimum Gasteiger partial charge on any atom is -1.00 e. The summed E-state index contributed by atoms with van der Waals surface area (Å²) in [6.07, 6.45) is 11.6. The molecule has 6 N–H and O–H groups in total. The van der Waals surface area contributed by atoms with Crippen molar-refractivity contribution >= 4 is 189 Å². The maximum Gasteiger partial charge on any atom is 0.284 e. The molecule has 0 radical (unpaired) electrons. The van der Waals surface area contributed by atoms with Crippen LogP contribution in [0.25, 0.3) is 165 Å². The van der Waals surface area contributed by atoms with Gasteiger partial charge in [-0.3, -0.25) is 28.8 Å². The number of nitrogens with one attached hydrogen (secondary N) is 6. The Kier molecular flexibility index (Phi) is 24.0. The molecule has 18 heterocycles. The summed E-state index contributed by atoms with van der Waals surface area (Å²) in [5, 5.41) is 14.3. The lowest BCUT2D eigenvalue weighted by Crippen LogP contribution is -3.00. The Balaban J connectivity index is 0.000000107. The summed E-state index contributed by atoms with van der Waals surface area (Å²) in [6, 6.07) is 87.9. The smallest absolute Gasteiger partial charge is 0.284 e. The van der Waals surface area contributed by atoms with Gasteiger partial charge in [0.2, 0.25) is 34.1 Å². The molecular weight excluding hydrogens is 1940 g/mol. The fourth-order valence-electron chi connectivity index (χ4n) is 20.7. The number of fused-ring (bicyclic) bond motifs is 42. The van der Waals surface area contributed by atoms with E-state index in [-0.39, 0.29) is 121 Å². The molecule has 0 spiro atoms. The molecule has 141 heavy (non-hydrogen) atoms. The van der Waals surface area contributed by atoms with Crippen LogP contribution in [-0.4, -0.2) is 64.6 Å². The second-order valence-corrected chi connectivity index (χ2v) is 35.7. The molecule has 30 rings (SSSR count). The Morgan fingerprint density at radius 1 is 0.234 bits per heavy atom. The van der Waals surface area contributed by atoms with Crippen molar-refractivity contribution in [1.29, 1.82) is 0 Å². The molecule has 0 bridgehead atoms. The number of aromatic nitrogens is 12. The minimum atomic E-state index is -0.476. The highest BCUT2D eigenvalue weighted by Gasteiger charge is 2.46. The number of rotatable bonds is 0. The Hall–Kier alpha value is -15.5. The van der Waals surface area contributed by atoms with Gasteiger partial charge in [0.1, 0.15) is 83.1 Å². The van der Waals surface area contributed by atoms with Gasteiger partial charge in [-0.15, -0.1) is 0 Å². The molecule has 0 saturated carbocycles. The summed E-state index contributed by atoms with van der Waals surface area (Å²) in [5.41, 5.74) is 28.2. The Morgan fingerprint density at radius 3 is 0.950 bits per heavy atom. The van der Waals surface area contributed by atoms with Crippen LogP contribution in [0.2, 0.25) is 10.0 Å². The van der Waals surface area contributed by atoms with Gasteiger partial charge < -0.3 is 104 Å². The third kappa shape index (κ3) is 14.3. The summed E-state index contributed by atoms with van der Waals surface area (Å²) in [6.45, 7) is 9.61. The highest BCUT2D eigenvalue weighted by molar-refractivity contribution is 6.35. The molecule has 0 atom stereocenters. The first-order valence-corrected chi connectivity index (χ1v) is 44.9. The van der Waals surface area contributed by atoms with Gasteiger partial charge in [0.05, 0.1) is 5.02 Å². The number of ketones is 6. The van der Waals surface area contributed by atoms with Crippen molar-refractivity contribution in [3.05, 3.63) is 427 Å². The number of carbonyl (C=O) groups is 6. The fourth-order valence-corrected chi connectivity index (χ4v) is 21.1. The number of halogens is 10. The van der Waals surface area contributed by atoms with Crippen LogP contribution in [0.3, 0.4) is 0 Å². The third-order valence-electron chi connectivity index (χ3n) is 27.1. The molecule has 12 aromatic heterocycles. The largest absolute Gasteiger partial charge is 1.00 e. The minimum absolute atomic E-state index is 0. The van der Waals surface area contributed by atoms with E-state index < -0.39 is 5.82 Å². The molecule has 0 unspecified atom stereocenters. The van der Waals surface area contributed by atoms with Crippen LogP contribution < -0.4 is 102 Å². The summed E-state index contributed by atoms with van der Waals surface area (Å²) >= 11 is 12.7. The lowest BCUT2D eigenvalue weighted by atomic mass is 10.1. The Bertz CT molecular complexity index is 9450. The predicted octanol–water partition coefficient (Wildman–Crippen LogP) is 4.00. The van der Waals surface area contributed by atoms with E-state index in [9.17, 15) is 37.5 Å². The van der Waals surface area contributed by atoms with Gasteiger partial charge in [0, 0.05) is 164 Å². The van der Waals surface area contributed by atoms with E-state index in [1.165, 1.54) is 12.1 Å².